The first-order valence-corrected chi connectivity index (χ1v) is 8.03. The van der Waals surface area contributed by atoms with Gasteiger partial charge >= 0.3 is 6.09 Å². The Morgan fingerprint density at radius 1 is 1.04 bits per heavy atom. The van der Waals surface area contributed by atoms with Crippen molar-refractivity contribution in [3.8, 4) is 0 Å². The highest BCUT2D eigenvalue weighted by Gasteiger charge is 2.22. The van der Waals surface area contributed by atoms with Gasteiger partial charge in [-0.1, -0.05) is 60.7 Å². The van der Waals surface area contributed by atoms with E-state index in [4.69, 9.17) is 4.74 Å². The number of rotatable bonds is 8. The minimum Gasteiger partial charge on any atom is -0.445 e. The summed E-state index contributed by atoms with van der Waals surface area (Å²) < 4.78 is 5.24. The molecule has 3 N–H and O–H groups in total. The Labute approximate surface area is 142 Å². The summed E-state index contributed by atoms with van der Waals surface area (Å²) in [5, 5.41) is 16.0. The number of carbonyl (C=O) groups excluding carboxylic acids is 1. The highest BCUT2D eigenvalue weighted by molar-refractivity contribution is 5.67. The van der Waals surface area contributed by atoms with Crippen molar-refractivity contribution in [3.63, 3.8) is 0 Å². The molecule has 5 nitrogen and oxygen atoms in total. The molecule has 0 fully saturated rings. The lowest BCUT2D eigenvalue weighted by atomic mass is 10.0. The Kier molecular flexibility index (Phi) is 7.26. The number of benzene rings is 2. The highest BCUT2D eigenvalue weighted by atomic mass is 16.5. The lowest BCUT2D eigenvalue weighted by Gasteiger charge is -2.24. The molecule has 0 aliphatic rings. The molecule has 2 rings (SSSR count). The largest absolute Gasteiger partial charge is 0.445 e. The summed E-state index contributed by atoms with van der Waals surface area (Å²) in [6, 6.07) is 18.8. The SMILES string of the molecule is CNC[C@@H](O)[C@H](Cc1ccccc1)NC(=O)OCc1ccccc1. The van der Waals surface area contributed by atoms with Crippen LogP contribution in [-0.4, -0.2) is 36.9 Å². The third-order valence-corrected chi connectivity index (χ3v) is 3.69. The second-order valence-corrected chi connectivity index (χ2v) is 5.63. The maximum Gasteiger partial charge on any atom is 0.407 e. The van der Waals surface area contributed by atoms with Crippen molar-refractivity contribution in [1.82, 2.24) is 10.6 Å². The van der Waals surface area contributed by atoms with Gasteiger partial charge in [0.15, 0.2) is 0 Å². The molecule has 0 saturated heterocycles. The molecule has 0 radical (unpaired) electrons. The Morgan fingerprint density at radius 3 is 2.21 bits per heavy atom. The molecule has 24 heavy (non-hydrogen) atoms. The molecule has 0 aliphatic carbocycles. The predicted octanol–water partition coefficient (Wildman–Crippen LogP) is 2.10. The van der Waals surface area contributed by atoms with Gasteiger partial charge in [-0.2, -0.15) is 0 Å². The molecule has 2 aromatic rings. The molecule has 0 saturated carbocycles. The van der Waals surface area contributed by atoms with Crippen molar-refractivity contribution < 1.29 is 14.6 Å². The number of ether oxygens (including phenoxy) is 1. The topological polar surface area (TPSA) is 70.6 Å². The molecule has 0 bridgehead atoms. The van der Waals surface area contributed by atoms with Crippen LogP contribution in [0, 0.1) is 0 Å². The van der Waals surface area contributed by atoms with Crippen molar-refractivity contribution in [2.45, 2.75) is 25.2 Å². The van der Waals surface area contributed by atoms with Gasteiger partial charge in [0.25, 0.3) is 0 Å². The van der Waals surface area contributed by atoms with Gasteiger partial charge in [0.2, 0.25) is 0 Å². The zero-order chi connectivity index (χ0) is 17.2. The van der Waals surface area contributed by atoms with E-state index in [0.29, 0.717) is 13.0 Å². The maximum atomic E-state index is 12.1. The van der Waals surface area contributed by atoms with E-state index in [1.54, 1.807) is 7.05 Å². The molecule has 0 unspecified atom stereocenters. The number of amides is 1. The van der Waals surface area contributed by atoms with Crippen LogP contribution in [0.25, 0.3) is 0 Å². The average Bonchev–Trinajstić information content (AvgIpc) is 2.61. The normalized spacial score (nSPS) is 13.1. The molecule has 2 atom stereocenters. The third-order valence-electron chi connectivity index (χ3n) is 3.69. The summed E-state index contributed by atoms with van der Waals surface area (Å²) in [5.41, 5.74) is 1.96. The standard InChI is InChI=1S/C19H24N2O3/c1-20-13-18(22)17(12-15-8-4-2-5-9-15)21-19(23)24-14-16-10-6-3-7-11-16/h2-11,17-18,20,22H,12-14H2,1H3,(H,21,23)/t17-,18+/m0/s1. The smallest absolute Gasteiger partial charge is 0.407 e. The molecule has 128 valence electrons. The molecule has 0 aliphatic heterocycles. The number of hydrogen-bond acceptors (Lipinski definition) is 4. The van der Waals surface area contributed by atoms with Gasteiger partial charge in [-0.25, -0.2) is 4.79 Å². The second-order valence-electron chi connectivity index (χ2n) is 5.63. The average molecular weight is 328 g/mol. The predicted molar refractivity (Wildman–Crippen MR) is 93.6 cm³/mol. The fourth-order valence-electron chi connectivity index (χ4n) is 2.42. The fraction of sp³-hybridized carbons (Fsp3) is 0.316. The minimum absolute atomic E-state index is 0.201. The van der Waals surface area contributed by atoms with Gasteiger partial charge < -0.3 is 20.5 Å². The molecule has 0 aromatic heterocycles. The molecule has 5 heteroatoms. The maximum absolute atomic E-state index is 12.1. The Balaban J connectivity index is 1.92. The van der Waals surface area contributed by atoms with Crippen molar-refractivity contribution in [2.24, 2.45) is 0 Å². The summed E-state index contributed by atoms with van der Waals surface area (Å²) in [4.78, 5) is 12.1. The third kappa shape index (κ3) is 6.02. The van der Waals surface area contributed by atoms with Crippen LogP contribution in [0.2, 0.25) is 0 Å². The zero-order valence-corrected chi connectivity index (χ0v) is 13.8. The van der Waals surface area contributed by atoms with Crippen LogP contribution in [-0.2, 0) is 17.8 Å². The van der Waals surface area contributed by atoms with Gasteiger partial charge in [0.1, 0.15) is 6.61 Å². The molecule has 1 amide bonds. The summed E-state index contributed by atoms with van der Waals surface area (Å²) in [7, 11) is 1.76. The lowest BCUT2D eigenvalue weighted by Crippen LogP contribution is -2.48. The molecule has 2 aromatic carbocycles. The van der Waals surface area contributed by atoms with Gasteiger partial charge in [0, 0.05) is 6.54 Å². The number of likely N-dealkylation sites (N-methyl/N-ethyl adjacent to an activating group) is 1. The molecular weight excluding hydrogens is 304 g/mol. The number of aliphatic hydroxyl groups excluding tert-OH is 1. The van der Waals surface area contributed by atoms with E-state index in [9.17, 15) is 9.90 Å². The lowest BCUT2D eigenvalue weighted by molar-refractivity contribution is 0.102. The van der Waals surface area contributed by atoms with Gasteiger partial charge in [-0.3, -0.25) is 0 Å². The summed E-state index contributed by atoms with van der Waals surface area (Å²) >= 11 is 0. The van der Waals surface area contributed by atoms with Crippen LogP contribution < -0.4 is 10.6 Å². The fourth-order valence-corrected chi connectivity index (χ4v) is 2.42. The Morgan fingerprint density at radius 2 is 1.62 bits per heavy atom. The van der Waals surface area contributed by atoms with E-state index in [2.05, 4.69) is 10.6 Å². The Bertz CT molecular complexity index is 605. The van der Waals surface area contributed by atoms with E-state index in [1.165, 1.54) is 0 Å². The van der Waals surface area contributed by atoms with Crippen LogP contribution in [0.15, 0.2) is 60.7 Å². The van der Waals surface area contributed by atoms with Crippen LogP contribution in [0.4, 0.5) is 4.79 Å². The number of carbonyl (C=O) groups is 1. The van der Waals surface area contributed by atoms with E-state index >= 15 is 0 Å². The van der Waals surface area contributed by atoms with E-state index in [0.717, 1.165) is 11.1 Å². The van der Waals surface area contributed by atoms with E-state index in [-0.39, 0.29) is 6.61 Å². The van der Waals surface area contributed by atoms with Gasteiger partial charge in [0.05, 0.1) is 12.1 Å². The first-order valence-electron chi connectivity index (χ1n) is 8.03. The van der Waals surface area contributed by atoms with Crippen LogP contribution in [0.1, 0.15) is 11.1 Å². The minimum atomic E-state index is -0.709. The van der Waals surface area contributed by atoms with E-state index in [1.807, 2.05) is 60.7 Å². The quantitative estimate of drug-likeness (QED) is 0.694. The second kappa shape index (κ2) is 9.70. The van der Waals surface area contributed by atoms with Gasteiger partial charge in [-0.15, -0.1) is 0 Å². The monoisotopic (exact) mass is 328 g/mol. The summed E-state index contributed by atoms with van der Waals surface area (Å²) in [6.07, 6.45) is -0.709. The van der Waals surface area contributed by atoms with Crippen LogP contribution >= 0.6 is 0 Å². The zero-order valence-electron chi connectivity index (χ0n) is 13.8. The van der Waals surface area contributed by atoms with Crippen LogP contribution in [0.3, 0.4) is 0 Å². The van der Waals surface area contributed by atoms with Gasteiger partial charge in [-0.05, 0) is 24.6 Å². The Hall–Kier alpha value is -2.37. The van der Waals surface area contributed by atoms with Crippen molar-refractivity contribution in [3.05, 3.63) is 71.8 Å². The first-order chi connectivity index (χ1) is 11.7. The first kappa shape index (κ1) is 18.0. The molecule has 0 heterocycles. The van der Waals surface area contributed by atoms with Crippen LogP contribution in [0.5, 0.6) is 0 Å². The summed E-state index contributed by atoms with van der Waals surface area (Å²) in [5.74, 6) is 0. The highest BCUT2D eigenvalue weighted by Crippen LogP contribution is 2.07. The number of aliphatic hydroxyl groups is 1. The van der Waals surface area contributed by atoms with E-state index < -0.39 is 18.2 Å². The summed E-state index contributed by atoms with van der Waals surface area (Å²) in [6.45, 7) is 0.587. The van der Waals surface area contributed by atoms with Crippen molar-refractivity contribution >= 4 is 6.09 Å². The number of nitrogens with one attached hydrogen (secondary N) is 2. The van der Waals surface area contributed by atoms with Crippen molar-refractivity contribution in [2.75, 3.05) is 13.6 Å². The van der Waals surface area contributed by atoms with Crippen molar-refractivity contribution in [1.29, 1.82) is 0 Å². The number of alkyl carbamates (subject to hydrolysis) is 1. The molecular formula is C19H24N2O3. The number of hydrogen-bond donors (Lipinski definition) is 3. The molecule has 0 spiro atoms.